The molecule has 8 heteroatoms. The average Bonchev–Trinajstić information content (AvgIpc) is 3.56. The molecule has 2 N–H and O–H groups in total. The van der Waals surface area contributed by atoms with E-state index in [0.29, 0.717) is 6.04 Å². The van der Waals surface area contributed by atoms with E-state index < -0.39 is 0 Å². The number of likely N-dealkylation sites (N-methyl/N-ethyl adjacent to an activating group) is 1. The second-order valence-electron chi connectivity index (χ2n) is 11.7. The number of nitrogens with zero attached hydrogens (tertiary/aromatic N) is 5. The smallest absolute Gasteiger partial charge is 0.247 e. The highest BCUT2D eigenvalue weighted by Gasteiger charge is 2.23. The molecule has 4 heterocycles. The Balaban J connectivity index is 1.52. The summed E-state index contributed by atoms with van der Waals surface area (Å²) in [6.45, 7) is 15.2. The number of hydrogen-bond donors (Lipinski definition) is 2. The molecule has 1 amide bonds. The lowest BCUT2D eigenvalue weighted by molar-refractivity contribution is -0.111. The second-order valence-corrected chi connectivity index (χ2v) is 11.7. The number of H-pyrrole nitrogens is 1. The van der Waals surface area contributed by atoms with Crippen molar-refractivity contribution in [1.29, 1.82) is 0 Å². The second kappa shape index (κ2) is 11.2. The summed E-state index contributed by atoms with van der Waals surface area (Å²) in [5.74, 6) is -0.236. The van der Waals surface area contributed by atoms with Crippen molar-refractivity contribution in [2.75, 3.05) is 36.9 Å². The van der Waals surface area contributed by atoms with Gasteiger partial charge < -0.3 is 20.1 Å². The number of nitrogens with one attached hydrogen (secondary N) is 2. The fraction of sp³-hybridized carbons (Fsp3) is 0.286. The SMILES string of the molecule is C=CC(=O)Nc1cc(-c2c(-c3ccc(N4CCN(C)[C@@H](C)C4)cc3)[nH]c3ncc(-c4cnn(C)c4C)c(C)c23)ccc1C. The molecule has 0 saturated carbocycles. The van der Waals surface area contributed by atoms with Crippen LogP contribution in [0.1, 0.15) is 23.7 Å². The van der Waals surface area contributed by atoms with Crippen LogP contribution in [0.4, 0.5) is 11.4 Å². The summed E-state index contributed by atoms with van der Waals surface area (Å²) < 4.78 is 1.89. The van der Waals surface area contributed by atoms with Gasteiger partial charge in [-0.1, -0.05) is 30.8 Å². The number of anilines is 2. The van der Waals surface area contributed by atoms with Crippen LogP contribution in [0.25, 0.3) is 44.5 Å². The van der Waals surface area contributed by atoms with Crippen molar-refractivity contribution in [2.45, 2.75) is 33.7 Å². The number of carbonyl (C=O) groups is 1. The van der Waals surface area contributed by atoms with E-state index in [1.165, 1.54) is 11.8 Å². The molecule has 5 aromatic rings. The Kier molecular flexibility index (Phi) is 7.40. The van der Waals surface area contributed by atoms with E-state index in [-0.39, 0.29) is 5.91 Å². The van der Waals surface area contributed by atoms with Crippen molar-refractivity contribution in [1.82, 2.24) is 24.6 Å². The number of benzene rings is 2. The zero-order chi connectivity index (χ0) is 30.4. The molecule has 1 saturated heterocycles. The molecule has 0 unspecified atom stereocenters. The normalized spacial score (nSPS) is 15.7. The minimum absolute atomic E-state index is 0.236. The molecule has 0 spiro atoms. The Morgan fingerprint density at radius 2 is 1.77 bits per heavy atom. The van der Waals surface area contributed by atoms with E-state index in [1.54, 1.807) is 0 Å². The maximum atomic E-state index is 12.3. The van der Waals surface area contributed by atoms with E-state index in [2.05, 4.69) is 89.9 Å². The highest BCUT2D eigenvalue weighted by atomic mass is 16.1. The van der Waals surface area contributed by atoms with Gasteiger partial charge >= 0.3 is 0 Å². The van der Waals surface area contributed by atoms with Crippen molar-refractivity contribution in [2.24, 2.45) is 7.05 Å². The fourth-order valence-electron chi connectivity index (χ4n) is 6.07. The van der Waals surface area contributed by atoms with Gasteiger partial charge in [-0.3, -0.25) is 9.48 Å². The quantitative estimate of drug-likeness (QED) is 0.227. The molecule has 0 radical (unpaired) electrons. The fourth-order valence-corrected chi connectivity index (χ4v) is 6.07. The van der Waals surface area contributed by atoms with Gasteiger partial charge in [-0.15, -0.1) is 0 Å². The van der Waals surface area contributed by atoms with Gasteiger partial charge in [0.2, 0.25) is 5.91 Å². The summed E-state index contributed by atoms with van der Waals surface area (Å²) in [5, 5.41) is 8.52. The summed E-state index contributed by atoms with van der Waals surface area (Å²) in [5.41, 5.74) is 12.2. The minimum Gasteiger partial charge on any atom is -0.369 e. The van der Waals surface area contributed by atoms with Crippen molar-refractivity contribution in [3.8, 4) is 33.5 Å². The maximum absolute atomic E-state index is 12.3. The Labute approximate surface area is 253 Å². The summed E-state index contributed by atoms with van der Waals surface area (Å²) in [7, 11) is 4.15. The van der Waals surface area contributed by atoms with Crippen LogP contribution >= 0.6 is 0 Å². The predicted octanol–water partition coefficient (Wildman–Crippen LogP) is 6.49. The molecule has 8 nitrogen and oxygen atoms in total. The number of carbonyl (C=O) groups excluding carboxylic acids is 1. The third-order valence-corrected chi connectivity index (χ3v) is 9.06. The van der Waals surface area contributed by atoms with Crippen molar-refractivity contribution >= 4 is 28.3 Å². The molecule has 1 aliphatic rings. The minimum atomic E-state index is -0.236. The van der Waals surface area contributed by atoms with Crippen LogP contribution in [-0.4, -0.2) is 63.3 Å². The van der Waals surface area contributed by atoms with Gasteiger partial charge in [-0.2, -0.15) is 5.10 Å². The standard InChI is InChI=1S/C35H39N7O/c1-8-31(43)38-30-17-26(10-9-21(30)2)33-32-23(4)28(29-19-37-41(7)24(29)5)18-36-35(32)39-34(33)25-11-13-27(14-12-25)42-16-15-40(6)22(3)20-42/h8-14,17-19,22H,1,15-16,20H2,2-7H3,(H,36,39)(H,38,43)/t22-/m0/s1. The molecule has 2 aromatic carbocycles. The Morgan fingerprint density at radius 3 is 2.44 bits per heavy atom. The van der Waals surface area contributed by atoms with Crippen molar-refractivity contribution in [3.63, 3.8) is 0 Å². The third kappa shape index (κ3) is 5.12. The van der Waals surface area contributed by atoms with E-state index in [1.807, 2.05) is 43.2 Å². The van der Waals surface area contributed by atoms with Crippen LogP contribution in [0.3, 0.4) is 0 Å². The molecule has 1 aliphatic heterocycles. The molecule has 0 aliphatic carbocycles. The van der Waals surface area contributed by atoms with Gasteiger partial charge in [0.05, 0.1) is 11.9 Å². The van der Waals surface area contributed by atoms with Gasteiger partial charge in [0.15, 0.2) is 0 Å². The van der Waals surface area contributed by atoms with Gasteiger partial charge in [0, 0.05) is 78.1 Å². The maximum Gasteiger partial charge on any atom is 0.247 e. The molecule has 6 rings (SSSR count). The number of aromatic nitrogens is 4. The van der Waals surface area contributed by atoms with Crippen LogP contribution in [0.5, 0.6) is 0 Å². The zero-order valence-electron chi connectivity index (χ0n) is 25.8. The predicted molar refractivity (Wildman–Crippen MR) is 177 cm³/mol. The number of piperazine rings is 1. The molecule has 43 heavy (non-hydrogen) atoms. The number of pyridine rings is 1. The number of amides is 1. The van der Waals surface area contributed by atoms with Crippen LogP contribution in [0.15, 0.2) is 67.5 Å². The monoisotopic (exact) mass is 573 g/mol. The van der Waals surface area contributed by atoms with Gasteiger partial charge in [-0.05, 0) is 81.3 Å². The van der Waals surface area contributed by atoms with Gasteiger partial charge in [0.25, 0.3) is 0 Å². The molecular weight excluding hydrogens is 534 g/mol. The summed E-state index contributed by atoms with van der Waals surface area (Å²) in [4.78, 5) is 25.7. The third-order valence-electron chi connectivity index (χ3n) is 9.06. The van der Waals surface area contributed by atoms with Gasteiger partial charge in [0.1, 0.15) is 5.65 Å². The number of rotatable bonds is 6. The number of fused-ring (bicyclic) bond motifs is 1. The summed E-state index contributed by atoms with van der Waals surface area (Å²) in [6.07, 6.45) is 5.14. The van der Waals surface area contributed by atoms with Gasteiger partial charge in [-0.25, -0.2) is 4.98 Å². The van der Waals surface area contributed by atoms with E-state index >= 15 is 0 Å². The molecule has 0 bridgehead atoms. The zero-order valence-corrected chi connectivity index (χ0v) is 25.8. The number of aromatic amines is 1. The topological polar surface area (TPSA) is 82.1 Å². The first-order valence-electron chi connectivity index (χ1n) is 14.8. The Morgan fingerprint density at radius 1 is 1.02 bits per heavy atom. The van der Waals surface area contributed by atoms with E-state index in [9.17, 15) is 4.79 Å². The largest absolute Gasteiger partial charge is 0.369 e. The highest BCUT2D eigenvalue weighted by molar-refractivity contribution is 6.07. The molecule has 1 fully saturated rings. The number of hydrogen-bond acceptors (Lipinski definition) is 5. The van der Waals surface area contributed by atoms with Crippen LogP contribution in [0, 0.1) is 20.8 Å². The molecule has 3 aromatic heterocycles. The molecule has 220 valence electrons. The summed E-state index contributed by atoms with van der Waals surface area (Å²) in [6, 6.07) is 15.6. The lowest BCUT2D eigenvalue weighted by Crippen LogP contribution is -2.50. The lowest BCUT2D eigenvalue weighted by atomic mass is 9.93. The highest BCUT2D eigenvalue weighted by Crippen LogP contribution is 2.43. The average molecular weight is 574 g/mol. The Bertz CT molecular complexity index is 1850. The number of aryl methyl sites for hydroxylation is 3. The van der Waals surface area contributed by atoms with E-state index in [0.717, 1.165) is 86.7 Å². The first kappa shape index (κ1) is 28.4. The lowest BCUT2D eigenvalue weighted by Gasteiger charge is -2.39. The molecule has 1 atom stereocenters. The van der Waals surface area contributed by atoms with Crippen LogP contribution in [-0.2, 0) is 11.8 Å². The summed E-state index contributed by atoms with van der Waals surface area (Å²) >= 11 is 0. The first-order chi connectivity index (χ1) is 20.7. The van der Waals surface area contributed by atoms with Crippen LogP contribution < -0.4 is 10.2 Å². The van der Waals surface area contributed by atoms with Crippen molar-refractivity contribution < 1.29 is 4.79 Å². The van der Waals surface area contributed by atoms with Crippen LogP contribution in [0.2, 0.25) is 0 Å². The first-order valence-corrected chi connectivity index (χ1v) is 14.8. The Hall–Kier alpha value is -4.69. The molecular formula is C35H39N7O. The van der Waals surface area contributed by atoms with E-state index in [4.69, 9.17) is 4.98 Å². The van der Waals surface area contributed by atoms with Crippen molar-refractivity contribution in [3.05, 3.63) is 84.3 Å².